The normalized spacial score (nSPS) is 16.4. The Kier molecular flexibility index (Phi) is 4.25. The van der Waals surface area contributed by atoms with Crippen LogP contribution in [0.5, 0.6) is 0 Å². The smallest absolute Gasteiger partial charge is 0.255 e. The number of carbonyl (C=O) groups excluding carboxylic acids is 1. The molecule has 2 heterocycles. The summed E-state index contributed by atoms with van der Waals surface area (Å²) in [6.07, 6.45) is 2.73. The van der Waals surface area contributed by atoms with Crippen LogP contribution in [0.1, 0.15) is 16.8 Å². The van der Waals surface area contributed by atoms with Gasteiger partial charge in [-0.25, -0.2) is 4.98 Å². The molecule has 0 aromatic carbocycles. The predicted octanol–water partition coefficient (Wildman–Crippen LogP) is 1.70. The van der Waals surface area contributed by atoms with Gasteiger partial charge in [0.15, 0.2) is 0 Å². The van der Waals surface area contributed by atoms with Gasteiger partial charge in [-0.3, -0.25) is 4.79 Å². The van der Waals surface area contributed by atoms with E-state index in [2.05, 4.69) is 10.3 Å². The molecule has 1 aliphatic heterocycles. The van der Waals surface area contributed by atoms with E-state index in [1.165, 1.54) is 0 Å². The van der Waals surface area contributed by atoms with E-state index in [-0.39, 0.29) is 5.91 Å². The number of amides is 1. The van der Waals surface area contributed by atoms with Crippen molar-refractivity contribution < 1.29 is 4.79 Å². The van der Waals surface area contributed by atoms with Crippen molar-refractivity contribution in [2.45, 2.75) is 6.42 Å². The maximum Gasteiger partial charge on any atom is 0.255 e. The fraction of sp³-hybridized carbons (Fsp3) is 0.500. The number of nitrogens with one attached hydrogen (secondary N) is 1. The van der Waals surface area contributed by atoms with Crippen molar-refractivity contribution in [1.82, 2.24) is 9.88 Å². The topological polar surface area (TPSA) is 45.2 Å². The maximum atomic E-state index is 12.2. The number of thioether (sulfide) groups is 1. The van der Waals surface area contributed by atoms with Crippen molar-refractivity contribution in [3.8, 4) is 0 Å². The molecular weight excluding hydrogens is 234 g/mol. The molecule has 1 amide bonds. The largest absolute Gasteiger partial charge is 0.373 e. The molecule has 4 nitrogen and oxygen atoms in total. The van der Waals surface area contributed by atoms with Crippen molar-refractivity contribution in [3.63, 3.8) is 0 Å². The van der Waals surface area contributed by atoms with Crippen LogP contribution >= 0.6 is 11.8 Å². The monoisotopic (exact) mass is 251 g/mol. The third-order valence-corrected chi connectivity index (χ3v) is 3.82. The highest BCUT2D eigenvalue weighted by Crippen LogP contribution is 2.13. The predicted molar refractivity (Wildman–Crippen MR) is 71.6 cm³/mol. The zero-order chi connectivity index (χ0) is 12.1. The van der Waals surface area contributed by atoms with Crippen molar-refractivity contribution in [3.05, 3.63) is 23.9 Å². The lowest BCUT2D eigenvalue weighted by Gasteiger charge is -2.19. The average Bonchev–Trinajstić information content (AvgIpc) is 2.67. The van der Waals surface area contributed by atoms with Crippen molar-refractivity contribution in [2.24, 2.45) is 0 Å². The number of anilines is 1. The van der Waals surface area contributed by atoms with E-state index in [1.807, 2.05) is 35.8 Å². The van der Waals surface area contributed by atoms with Crippen LogP contribution in [-0.2, 0) is 0 Å². The third-order valence-electron chi connectivity index (χ3n) is 2.78. The van der Waals surface area contributed by atoms with E-state index in [0.29, 0.717) is 5.56 Å². The molecule has 1 aromatic heterocycles. The van der Waals surface area contributed by atoms with Crippen LogP contribution in [0.15, 0.2) is 18.3 Å². The molecule has 0 spiro atoms. The lowest BCUT2D eigenvalue weighted by atomic mass is 10.2. The first kappa shape index (κ1) is 12.2. The summed E-state index contributed by atoms with van der Waals surface area (Å²) >= 11 is 1.92. The van der Waals surface area contributed by atoms with Crippen LogP contribution in [0.3, 0.4) is 0 Å². The highest BCUT2D eigenvalue weighted by Gasteiger charge is 2.17. The van der Waals surface area contributed by atoms with Crippen LogP contribution in [0.2, 0.25) is 0 Å². The van der Waals surface area contributed by atoms with Crippen LogP contribution < -0.4 is 5.32 Å². The SMILES string of the molecule is CNc1ccc(C(=O)N2CCCSCC2)cn1. The van der Waals surface area contributed by atoms with Crippen molar-refractivity contribution >= 4 is 23.5 Å². The van der Waals surface area contributed by atoms with Gasteiger partial charge in [0.25, 0.3) is 5.91 Å². The summed E-state index contributed by atoms with van der Waals surface area (Å²) in [5.41, 5.74) is 0.677. The molecule has 0 aliphatic carbocycles. The molecule has 0 unspecified atom stereocenters. The maximum absolute atomic E-state index is 12.2. The first-order valence-electron chi connectivity index (χ1n) is 5.82. The number of hydrogen-bond donors (Lipinski definition) is 1. The molecule has 17 heavy (non-hydrogen) atoms. The van der Waals surface area contributed by atoms with Gasteiger partial charge >= 0.3 is 0 Å². The molecule has 0 saturated carbocycles. The van der Waals surface area contributed by atoms with E-state index >= 15 is 0 Å². The number of hydrogen-bond acceptors (Lipinski definition) is 4. The molecule has 1 N–H and O–H groups in total. The molecular formula is C12H17N3OS. The number of aromatic nitrogens is 1. The highest BCUT2D eigenvalue weighted by molar-refractivity contribution is 7.99. The fourth-order valence-corrected chi connectivity index (χ4v) is 2.69. The summed E-state index contributed by atoms with van der Waals surface area (Å²) in [4.78, 5) is 18.3. The quantitative estimate of drug-likeness (QED) is 0.869. The van der Waals surface area contributed by atoms with E-state index < -0.39 is 0 Å². The van der Waals surface area contributed by atoms with Gasteiger partial charge in [0.1, 0.15) is 5.82 Å². The van der Waals surface area contributed by atoms with Crippen molar-refractivity contribution in [2.75, 3.05) is 37.0 Å². The summed E-state index contributed by atoms with van der Waals surface area (Å²) in [6.45, 7) is 1.71. The molecule has 0 radical (unpaired) electrons. The van der Waals surface area contributed by atoms with E-state index in [4.69, 9.17) is 0 Å². The molecule has 1 aromatic rings. The molecule has 92 valence electrons. The van der Waals surface area contributed by atoms with Crippen LogP contribution in [0.4, 0.5) is 5.82 Å². The zero-order valence-electron chi connectivity index (χ0n) is 9.98. The second-order valence-corrected chi connectivity index (χ2v) is 5.16. The Balaban J connectivity index is 2.06. The molecule has 1 aliphatic rings. The van der Waals surface area contributed by atoms with E-state index in [0.717, 1.165) is 36.8 Å². The number of nitrogens with zero attached hydrogens (tertiary/aromatic N) is 2. The standard InChI is InChI=1S/C12H17N3OS/c1-13-11-4-3-10(9-14-11)12(16)15-5-2-7-17-8-6-15/h3-4,9H,2,5-8H2,1H3,(H,13,14). The summed E-state index contributed by atoms with van der Waals surface area (Å²) in [5.74, 6) is 3.07. The Morgan fingerprint density at radius 3 is 3.00 bits per heavy atom. The molecule has 0 bridgehead atoms. The summed E-state index contributed by atoms with van der Waals surface area (Å²) in [5, 5.41) is 2.94. The number of carbonyl (C=O) groups is 1. The van der Waals surface area contributed by atoms with Gasteiger partial charge in [0.2, 0.25) is 0 Å². The fourth-order valence-electron chi connectivity index (χ4n) is 1.80. The van der Waals surface area contributed by atoms with Gasteiger partial charge in [0.05, 0.1) is 5.56 Å². The van der Waals surface area contributed by atoms with E-state index in [1.54, 1.807) is 6.20 Å². The third kappa shape index (κ3) is 3.12. The Bertz CT molecular complexity index is 372. The lowest BCUT2D eigenvalue weighted by molar-refractivity contribution is 0.0768. The van der Waals surface area contributed by atoms with Gasteiger partial charge in [-0.2, -0.15) is 11.8 Å². The van der Waals surface area contributed by atoms with Crippen LogP contribution in [0.25, 0.3) is 0 Å². The first-order valence-corrected chi connectivity index (χ1v) is 6.97. The Morgan fingerprint density at radius 2 is 2.29 bits per heavy atom. The summed E-state index contributed by atoms with van der Waals surface area (Å²) < 4.78 is 0. The van der Waals surface area contributed by atoms with Crippen LogP contribution in [-0.4, -0.2) is 47.4 Å². The van der Waals surface area contributed by atoms with Gasteiger partial charge in [-0.1, -0.05) is 0 Å². The average molecular weight is 251 g/mol. The highest BCUT2D eigenvalue weighted by atomic mass is 32.2. The minimum atomic E-state index is 0.0997. The lowest BCUT2D eigenvalue weighted by Crippen LogP contribution is -2.32. The Hall–Kier alpha value is -1.23. The molecule has 1 saturated heterocycles. The second kappa shape index (κ2) is 5.91. The van der Waals surface area contributed by atoms with Crippen molar-refractivity contribution in [1.29, 1.82) is 0 Å². The van der Waals surface area contributed by atoms with Crippen LogP contribution in [0, 0.1) is 0 Å². The van der Waals surface area contributed by atoms with E-state index in [9.17, 15) is 4.79 Å². The minimum Gasteiger partial charge on any atom is -0.373 e. The molecule has 2 rings (SSSR count). The molecule has 1 fully saturated rings. The van der Waals surface area contributed by atoms with Gasteiger partial charge in [-0.15, -0.1) is 0 Å². The first-order chi connectivity index (χ1) is 8.31. The molecule has 5 heteroatoms. The summed E-state index contributed by atoms with van der Waals surface area (Å²) in [6, 6.07) is 3.67. The zero-order valence-corrected chi connectivity index (χ0v) is 10.8. The van der Waals surface area contributed by atoms with Gasteiger partial charge < -0.3 is 10.2 Å². The van der Waals surface area contributed by atoms with Gasteiger partial charge in [-0.05, 0) is 24.3 Å². The Labute approximate surface area is 106 Å². The second-order valence-electron chi connectivity index (χ2n) is 3.94. The van der Waals surface area contributed by atoms with Gasteiger partial charge in [0, 0.05) is 32.1 Å². The number of pyridine rings is 1. The Morgan fingerprint density at radius 1 is 1.41 bits per heavy atom. The summed E-state index contributed by atoms with van der Waals surface area (Å²) in [7, 11) is 1.82. The minimum absolute atomic E-state index is 0.0997. The molecule has 0 atom stereocenters. The number of rotatable bonds is 2.